The Morgan fingerprint density at radius 3 is 2.63 bits per heavy atom. The van der Waals surface area contributed by atoms with Gasteiger partial charge in [0.15, 0.2) is 0 Å². The number of nitrogens with zero attached hydrogens (tertiary/aromatic N) is 3. The molecule has 1 saturated carbocycles. The van der Waals surface area contributed by atoms with Crippen molar-refractivity contribution in [2.24, 2.45) is 5.10 Å². The molecule has 1 aliphatic carbocycles. The lowest BCUT2D eigenvalue weighted by molar-refractivity contribution is 0.306. The summed E-state index contributed by atoms with van der Waals surface area (Å²) in [7, 11) is 0. The Kier molecular flexibility index (Phi) is 7.09. The van der Waals surface area contributed by atoms with E-state index in [-0.39, 0.29) is 11.5 Å². The average Bonchev–Trinajstić information content (AvgIpc) is 2.88. The molecular weight excluding hydrogens is 502 g/mol. The molecule has 0 radical (unpaired) electrons. The fraction of sp³-hybridized carbons (Fsp3) is 0.276. The molecule has 3 aromatic carbocycles. The van der Waals surface area contributed by atoms with Crippen LogP contribution < -0.4 is 10.3 Å². The number of hydrogen-bond donors (Lipinski definition) is 0. The van der Waals surface area contributed by atoms with Gasteiger partial charge in [-0.05, 0) is 73.4 Å². The molecule has 6 heteroatoms. The molecule has 0 N–H and O–H groups in total. The van der Waals surface area contributed by atoms with Crippen molar-refractivity contribution in [2.45, 2.75) is 51.6 Å². The van der Waals surface area contributed by atoms with Crippen LogP contribution in [-0.4, -0.2) is 15.9 Å². The molecule has 5 nitrogen and oxygen atoms in total. The smallest absolute Gasteiger partial charge is 0.282 e. The Labute approximate surface area is 213 Å². The normalized spacial score (nSPS) is 14.6. The van der Waals surface area contributed by atoms with Crippen molar-refractivity contribution in [3.05, 3.63) is 104 Å². The molecule has 0 spiro atoms. The van der Waals surface area contributed by atoms with Crippen LogP contribution in [0.25, 0.3) is 10.9 Å². The summed E-state index contributed by atoms with van der Waals surface area (Å²) < 4.78 is 8.29. The van der Waals surface area contributed by atoms with Crippen LogP contribution in [0.5, 0.6) is 5.75 Å². The van der Waals surface area contributed by atoms with Gasteiger partial charge in [0, 0.05) is 10.4 Å². The second-order valence-corrected chi connectivity index (χ2v) is 10.1. The lowest BCUT2D eigenvalue weighted by Gasteiger charge is -2.22. The van der Waals surface area contributed by atoms with Crippen molar-refractivity contribution in [3.63, 3.8) is 0 Å². The Hall–Kier alpha value is -3.25. The Balaban J connectivity index is 1.40. The third-order valence-electron chi connectivity index (χ3n) is 6.49. The van der Waals surface area contributed by atoms with E-state index < -0.39 is 0 Å². The van der Waals surface area contributed by atoms with Crippen molar-refractivity contribution < 1.29 is 4.74 Å². The van der Waals surface area contributed by atoms with Gasteiger partial charge in [0.25, 0.3) is 5.56 Å². The Bertz CT molecular complexity index is 1420. The summed E-state index contributed by atoms with van der Waals surface area (Å²) >= 11 is 3.47. The second-order valence-electron chi connectivity index (χ2n) is 9.17. The van der Waals surface area contributed by atoms with Gasteiger partial charge in [-0.15, -0.1) is 0 Å². The van der Waals surface area contributed by atoms with Gasteiger partial charge in [0.2, 0.25) is 0 Å². The van der Waals surface area contributed by atoms with Crippen LogP contribution >= 0.6 is 15.9 Å². The number of aromatic nitrogens is 2. The van der Waals surface area contributed by atoms with Crippen LogP contribution in [0, 0.1) is 6.92 Å². The van der Waals surface area contributed by atoms with E-state index in [4.69, 9.17) is 9.72 Å². The van der Waals surface area contributed by atoms with Gasteiger partial charge in [-0.25, -0.2) is 4.98 Å². The van der Waals surface area contributed by atoms with Crippen molar-refractivity contribution in [1.29, 1.82) is 0 Å². The average molecular weight is 530 g/mol. The van der Waals surface area contributed by atoms with Gasteiger partial charge in [-0.3, -0.25) is 4.79 Å². The summed E-state index contributed by atoms with van der Waals surface area (Å²) in [5, 5.41) is 5.19. The third kappa shape index (κ3) is 5.54. The minimum absolute atomic E-state index is 0.133. The summed E-state index contributed by atoms with van der Waals surface area (Å²) in [6.07, 6.45) is 7.36. The van der Waals surface area contributed by atoms with E-state index in [1.807, 2.05) is 48.5 Å². The number of fused-ring (bicyclic) bond motifs is 1. The summed E-state index contributed by atoms with van der Waals surface area (Å²) in [4.78, 5) is 18.3. The first kappa shape index (κ1) is 23.5. The van der Waals surface area contributed by atoms with E-state index in [2.05, 4.69) is 46.2 Å². The zero-order valence-electron chi connectivity index (χ0n) is 19.8. The van der Waals surface area contributed by atoms with E-state index in [1.54, 1.807) is 6.21 Å². The molecule has 1 fully saturated rings. The maximum atomic E-state index is 13.4. The first-order valence-electron chi connectivity index (χ1n) is 12.1. The summed E-state index contributed by atoms with van der Waals surface area (Å²) in [6, 6.07) is 21.7. The zero-order valence-corrected chi connectivity index (χ0v) is 21.4. The lowest BCUT2D eigenvalue weighted by Crippen LogP contribution is -2.25. The maximum absolute atomic E-state index is 13.4. The van der Waals surface area contributed by atoms with Crippen molar-refractivity contribution >= 4 is 33.0 Å². The van der Waals surface area contributed by atoms with Gasteiger partial charge in [-0.2, -0.15) is 9.78 Å². The summed E-state index contributed by atoms with van der Waals surface area (Å²) in [5.41, 5.74) is 3.84. The monoisotopic (exact) mass is 529 g/mol. The Morgan fingerprint density at radius 1 is 1.06 bits per heavy atom. The highest BCUT2D eigenvalue weighted by Crippen LogP contribution is 2.32. The van der Waals surface area contributed by atoms with Gasteiger partial charge in [-0.1, -0.05) is 65.0 Å². The maximum Gasteiger partial charge on any atom is 0.282 e. The molecule has 1 aromatic heterocycles. The van der Waals surface area contributed by atoms with E-state index in [0.29, 0.717) is 12.0 Å². The number of halogens is 1. The zero-order chi connectivity index (χ0) is 24.2. The predicted molar refractivity (Wildman–Crippen MR) is 144 cm³/mol. The van der Waals surface area contributed by atoms with Crippen LogP contribution in [0.3, 0.4) is 0 Å². The van der Waals surface area contributed by atoms with E-state index in [9.17, 15) is 4.79 Å². The fourth-order valence-electron chi connectivity index (χ4n) is 4.65. The number of rotatable bonds is 6. The predicted octanol–water partition coefficient (Wildman–Crippen LogP) is 6.98. The molecule has 0 amide bonds. The first-order chi connectivity index (χ1) is 17.1. The molecule has 0 atom stereocenters. The molecule has 1 heterocycles. The minimum Gasteiger partial charge on any atom is -0.489 e. The second kappa shape index (κ2) is 10.6. The minimum atomic E-state index is -0.133. The topological polar surface area (TPSA) is 56.5 Å². The van der Waals surface area contributed by atoms with Gasteiger partial charge >= 0.3 is 0 Å². The van der Waals surface area contributed by atoms with E-state index in [1.165, 1.54) is 16.7 Å². The van der Waals surface area contributed by atoms with Gasteiger partial charge < -0.3 is 4.74 Å². The van der Waals surface area contributed by atoms with Crippen molar-refractivity contribution in [1.82, 2.24) is 9.66 Å². The SMILES string of the molecule is Cc1cccc(COc2ccc(C=Nn3c(C4CCCCC4)nc4ccc(Br)cc4c3=O)cc2)c1. The molecule has 4 aromatic rings. The van der Waals surface area contributed by atoms with E-state index >= 15 is 0 Å². The molecule has 1 aliphatic rings. The molecule has 178 valence electrons. The highest BCUT2D eigenvalue weighted by Gasteiger charge is 2.22. The van der Waals surface area contributed by atoms with Gasteiger partial charge in [0.05, 0.1) is 17.1 Å². The molecule has 0 aliphatic heterocycles. The number of aryl methyl sites for hydroxylation is 1. The third-order valence-corrected chi connectivity index (χ3v) is 6.99. The van der Waals surface area contributed by atoms with Gasteiger partial charge in [0.1, 0.15) is 18.2 Å². The summed E-state index contributed by atoms with van der Waals surface area (Å²) in [5.74, 6) is 1.80. The van der Waals surface area contributed by atoms with E-state index in [0.717, 1.165) is 58.4 Å². The fourth-order valence-corrected chi connectivity index (χ4v) is 5.01. The standard InChI is InChI=1S/C29H28BrN3O2/c1-20-6-5-7-22(16-20)19-35-25-13-10-21(11-14-25)18-31-33-28(23-8-3-2-4-9-23)32-27-15-12-24(30)17-26(27)29(33)34/h5-7,10-18,23H,2-4,8-9,19H2,1H3. The molecule has 0 bridgehead atoms. The highest BCUT2D eigenvalue weighted by atomic mass is 79.9. The van der Waals surface area contributed by atoms with Crippen molar-refractivity contribution in [2.75, 3.05) is 0 Å². The molecule has 0 saturated heterocycles. The highest BCUT2D eigenvalue weighted by molar-refractivity contribution is 9.10. The molecule has 5 rings (SSSR count). The molecular formula is C29H28BrN3O2. The van der Waals surface area contributed by atoms with Crippen molar-refractivity contribution in [3.8, 4) is 5.75 Å². The van der Waals surface area contributed by atoms with Crippen LogP contribution in [0.1, 0.15) is 60.5 Å². The number of hydrogen-bond acceptors (Lipinski definition) is 4. The van der Waals surface area contributed by atoms with Crippen LogP contribution in [0.2, 0.25) is 0 Å². The summed E-state index contributed by atoms with van der Waals surface area (Å²) in [6.45, 7) is 2.60. The van der Waals surface area contributed by atoms with Crippen LogP contribution in [-0.2, 0) is 6.61 Å². The number of ether oxygens (including phenoxy) is 1. The van der Waals surface area contributed by atoms with Crippen LogP contribution in [0.15, 0.2) is 81.1 Å². The largest absolute Gasteiger partial charge is 0.489 e. The lowest BCUT2D eigenvalue weighted by atomic mass is 9.88. The molecule has 35 heavy (non-hydrogen) atoms. The quantitative estimate of drug-likeness (QED) is 0.253. The van der Waals surface area contributed by atoms with Crippen LogP contribution in [0.4, 0.5) is 0 Å². The molecule has 0 unspecified atom stereocenters. The first-order valence-corrected chi connectivity index (χ1v) is 12.9. The number of benzene rings is 3. The Morgan fingerprint density at radius 2 is 1.86 bits per heavy atom.